The molecule has 0 saturated heterocycles. The van der Waals surface area contributed by atoms with Crippen LogP contribution in [0.15, 0.2) is 42.5 Å². The number of ether oxygens (including phenoxy) is 1. The third-order valence-electron chi connectivity index (χ3n) is 3.50. The summed E-state index contributed by atoms with van der Waals surface area (Å²) in [4.78, 5) is 14.0. The Hall–Kier alpha value is -2.20. The molecule has 1 heterocycles. The van der Waals surface area contributed by atoms with E-state index in [0.29, 0.717) is 36.0 Å². The zero-order valence-corrected chi connectivity index (χ0v) is 12.1. The summed E-state index contributed by atoms with van der Waals surface area (Å²) in [5.74, 6) is 0.702. The summed E-state index contributed by atoms with van der Waals surface area (Å²) in [7, 11) is 0. The second-order valence-corrected chi connectivity index (χ2v) is 5.26. The molecule has 0 bridgehead atoms. The normalized spacial score (nSPS) is 14.3. The first-order chi connectivity index (χ1) is 10.2. The number of anilines is 2. The smallest absolute Gasteiger partial charge is 0.230 e. The Morgan fingerprint density at radius 1 is 1.19 bits per heavy atom. The number of halogens is 1. The molecule has 0 aliphatic carbocycles. The lowest BCUT2D eigenvalue weighted by Gasteiger charge is -2.23. The molecule has 0 saturated carbocycles. The number of nitrogen functional groups attached to an aromatic ring is 1. The van der Waals surface area contributed by atoms with Crippen LogP contribution in [0.5, 0.6) is 5.75 Å². The number of amides is 1. The number of nitrogens with zero attached hydrogens (tertiary/aromatic N) is 1. The SMILES string of the molecule is Nc1cccc(Cl)c1CN1C(=O)CCOc2ccccc21. The number of carbonyl (C=O) groups is 1. The van der Waals surface area contributed by atoms with Crippen LogP contribution in [0.3, 0.4) is 0 Å². The number of fused-ring (bicyclic) bond motifs is 1. The first-order valence-electron chi connectivity index (χ1n) is 6.72. The van der Waals surface area contributed by atoms with Crippen molar-refractivity contribution in [2.24, 2.45) is 0 Å². The zero-order chi connectivity index (χ0) is 14.8. The lowest BCUT2D eigenvalue weighted by Crippen LogP contribution is -2.30. The van der Waals surface area contributed by atoms with Crippen LogP contribution in [0.1, 0.15) is 12.0 Å². The maximum Gasteiger partial charge on any atom is 0.230 e. The summed E-state index contributed by atoms with van der Waals surface area (Å²) in [6.45, 7) is 0.717. The van der Waals surface area contributed by atoms with Crippen molar-refractivity contribution in [3.63, 3.8) is 0 Å². The second kappa shape index (κ2) is 5.66. The van der Waals surface area contributed by atoms with Crippen LogP contribution in [0.2, 0.25) is 5.02 Å². The molecular formula is C16H15ClN2O2. The van der Waals surface area contributed by atoms with Gasteiger partial charge in [0, 0.05) is 16.3 Å². The molecule has 3 rings (SSSR count). The fourth-order valence-corrected chi connectivity index (χ4v) is 2.64. The summed E-state index contributed by atoms with van der Waals surface area (Å²) in [5.41, 5.74) is 8.07. The highest BCUT2D eigenvalue weighted by molar-refractivity contribution is 6.31. The fraction of sp³-hybridized carbons (Fsp3) is 0.188. The van der Waals surface area contributed by atoms with E-state index in [4.69, 9.17) is 22.1 Å². The summed E-state index contributed by atoms with van der Waals surface area (Å²) >= 11 is 6.22. The van der Waals surface area contributed by atoms with Gasteiger partial charge in [-0.2, -0.15) is 0 Å². The first kappa shape index (κ1) is 13.8. The first-order valence-corrected chi connectivity index (χ1v) is 7.09. The van der Waals surface area contributed by atoms with Gasteiger partial charge in [0.05, 0.1) is 25.3 Å². The van der Waals surface area contributed by atoms with E-state index in [0.717, 1.165) is 11.3 Å². The van der Waals surface area contributed by atoms with Crippen molar-refractivity contribution in [1.82, 2.24) is 0 Å². The van der Waals surface area contributed by atoms with Gasteiger partial charge in [-0.3, -0.25) is 4.79 Å². The van der Waals surface area contributed by atoms with E-state index in [-0.39, 0.29) is 5.91 Å². The lowest BCUT2D eigenvalue weighted by atomic mass is 10.1. The number of hydrogen-bond acceptors (Lipinski definition) is 3. The van der Waals surface area contributed by atoms with Gasteiger partial charge in [0.1, 0.15) is 5.75 Å². The molecule has 0 fully saturated rings. The average molecular weight is 303 g/mol. The van der Waals surface area contributed by atoms with E-state index in [1.54, 1.807) is 23.1 Å². The number of hydrogen-bond donors (Lipinski definition) is 1. The van der Waals surface area contributed by atoms with E-state index in [1.807, 2.05) is 24.3 Å². The summed E-state index contributed by atoms with van der Waals surface area (Å²) < 4.78 is 5.62. The van der Waals surface area contributed by atoms with Crippen LogP contribution in [-0.4, -0.2) is 12.5 Å². The molecule has 0 radical (unpaired) electrons. The molecule has 5 heteroatoms. The fourth-order valence-electron chi connectivity index (χ4n) is 2.39. The highest BCUT2D eigenvalue weighted by Crippen LogP contribution is 2.34. The van der Waals surface area contributed by atoms with Gasteiger partial charge in [-0.1, -0.05) is 29.8 Å². The Labute approximate surface area is 128 Å². The minimum atomic E-state index is -0.000676. The van der Waals surface area contributed by atoms with Crippen LogP contribution in [0.25, 0.3) is 0 Å². The zero-order valence-electron chi connectivity index (χ0n) is 11.4. The Morgan fingerprint density at radius 2 is 2.00 bits per heavy atom. The van der Waals surface area contributed by atoms with Gasteiger partial charge in [-0.25, -0.2) is 0 Å². The van der Waals surface area contributed by atoms with E-state index in [2.05, 4.69) is 0 Å². The number of carbonyl (C=O) groups excluding carboxylic acids is 1. The molecule has 0 spiro atoms. The third-order valence-corrected chi connectivity index (χ3v) is 3.86. The Morgan fingerprint density at radius 3 is 2.81 bits per heavy atom. The molecule has 108 valence electrons. The second-order valence-electron chi connectivity index (χ2n) is 4.85. The molecule has 4 nitrogen and oxygen atoms in total. The van der Waals surface area contributed by atoms with Gasteiger partial charge in [0.15, 0.2) is 0 Å². The van der Waals surface area contributed by atoms with Crippen LogP contribution in [-0.2, 0) is 11.3 Å². The minimum absolute atomic E-state index is 0.000676. The lowest BCUT2D eigenvalue weighted by molar-refractivity contribution is -0.118. The van der Waals surface area contributed by atoms with E-state index in [1.165, 1.54) is 0 Å². The highest BCUT2D eigenvalue weighted by atomic mass is 35.5. The monoisotopic (exact) mass is 302 g/mol. The van der Waals surface area contributed by atoms with E-state index in [9.17, 15) is 4.79 Å². The molecule has 2 N–H and O–H groups in total. The Balaban J connectivity index is 2.02. The van der Waals surface area contributed by atoms with Crippen LogP contribution >= 0.6 is 11.6 Å². The van der Waals surface area contributed by atoms with Crippen molar-refractivity contribution in [2.45, 2.75) is 13.0 Å². The van der Waals surface area contributed by atoms with Gasteiger partial charge >= 0.3 is 0 Å². The molecule has 2 aromatic carbocycles. The molecular weight excluding hydrogens is 288 g/mol. The van der Waals surface area contributed by atoms with Gasteiger partial charge in [-0.15, -0.1) is 0 Å². The topological polar surface area (TPSA) is 55.6 Å². The van der Waals surface area contributed by atoms with Crippen molar-refractivity contribution in [3.05, 3.63) is 53.1 Å². The molecule has 1 amide bonds. The van der Waals surface area contributed by atoms with Crippen molar-refractivity contribution in [2.75, 3.05) is 17.2 Å². The maximum atomic E-state index is 12.4. The largest absolute Gasteiger partial charge is 0.491 e. The highest BCUT2D eigenvalue weighted by Gasteiger charge is 2.24. The maximum absolute atomic E-state index is 12.4. The molecule has 2 aromatic rings. The van der Waals surface area contributed by atoms with Gasteiger partial charge in [0.25, 0.3) is 0 Å². The minimum Gasteiger partial charge on any atom is -0.491 e. The van der Waals surface area contributed by atoms with Crippen LogP contribution in [0, 0.1) is 0 Å². The van der Waals surface area contributed by atoms with E-state index >= 15 is 0 Å². The standard InChI is InChI=1S/C16H15ClN2O2/c17-12-4-3-5-13(18)11(12)10-19-14-6-1-2-7-15(14)21-9-8-16(19)20/h1-7H,8-10,18H2. The summed E-state index contributed by atoms with van der Waals surface area (Å²) in [6.07, 6.45) is 0.332. The molecule has 1 aliphatic heterocycles. The number of nitrogens with two attached hydrogens (primary N) is 1. The molecule has 0 unspecified atom stereocenters. The molecule has 1 aliphatic rings. The van der Waals surface area contributed by atoms with Crippen molar-refractivity contribution in [1.29, 1.82) is 0 Å². The van der Waals surface area contributed by atoms with Crippen LogP contribution < -0.4 is 15.4 Å². The molecule has 21 heavy (non-hydrogen) atoms. The predicted molar refractivity (Wildman–Crippen MR) is 83.6 cm³/mol. The van der Waals surface area contributed by atoms with Crippen molar-refractivity contribution in [3.8, 4) is 5.75 Å². The average Bonchev–Trinajstić information content (AvgIpc) is 2.62. The molecule has 0 aromatic heterocycles. The van der Waals surface area contributed by atoms with E-state index < -0.39 is 0 Å². The Kier molecular flexibility index (Phi) is 3.71. The summed E-state index contributed by atoms with van der Waals surface area (Å²) in [5, 5.41) is 0.561. The van der Waals surface area contributed by atoms with Crippen molar-refractivity contribution < 1.29 is 9.53 Å². The summed E-state index contributed by atoms with van der Waals surface area (Å²) in [6, 6.07) is 12.8. The van der Waals surface area contributed by atoms with Gasteiger partial charge in [0.2, 0.25) is 5.91 Å². The number of benzene rings is 2. The van der Waals surface area contributed by atoms with Crippen molar-refractivity contribution >= 4 is 28.9 Å². The molecule has 0 atom stereocenters. The van der Waals surface area contributed by atoms with Gasteiger partial charge < -0.3 is 15.4 Å². The number of para-hydroxylation sites is 2. The number of rotatable bonds is 2. The Bertz CT molecular complexity index is 667. The third kappa shape index (κ3) is 2.67. The van der Waals surface area contributed by atoms with Gasteiger partial charge in [-0.05, 0) is 24.3 Å². The predicted octanol–water partition coefficient (Wildman–Crippen LogP) is 3.24. The van der Waals surface area contributed by atoms with Crippen LogP contribution in [0.4, 0.5) is 11.4 Å². The quantitative estimate of drug-likeness (QED) is 0.867.